The standard InChI is InChI=1S/C12H15N3O2S/c1-3-4-8-5-9(7-14-15-12(13)18)11(16)10(6-8)17-2/h3,5-7,16H,1,4H2,2H3,(H3,13,15,18). The van der Waals surface area contributed by atoms with Gasteiger partial charge < -0.3 is 15.6 Å². The topological polar surface area (TPSA) is 79.9 Å². The van der Waals surface area contributed by atoms with Gasteiger partial charge in [0, 0.05) is 5.56 Å². The third-order valence-corrected chi connectivity index (χ3v) is 2.23. The van der Waals surface area contributed by atoms with E-state index in [-0.39, 0.29) is 10.9 Å². The van der Waals surface area contributed by atoms with Crippen LogP contribution in [0.15, 0.2) is 29.9 Å². The number of allylic oxidation sites excluding steroid dienone is 1. The van der Waals surface area contributed by atoms with Crippen LogP contribution >= 0.6 is 12.2 Å². The lowest BCUT2D eigenvalue weighted by Gasteiger charge is -2.08. The first kappa shape index (κ1) is 14.0. The smallest absolute Gasteiger partial charge is 0.184 e. The Morgan fingerprint density at radius 2 is 2.39 bits per heavy atom. The zero-order valence-corrected chi connectivity index (χ0v) is 10.8. The van der Waals surface area contributed by atoms with Crippen molar-refractivity contribution in [2.24, 2.45) is 10.8 Å². The van der Waals surface area contributed by atoms with Crippen LogP contribution in [-0.2, 0) is 6.42 Å². The summed E-state index contributed by atoms with van der Waals surface area (Å²) in [4.78, 5) is 0. The van der Waals surface area contributed by atoms with Crippen molar-refractivity contribution >= 4 is 23.5 Å². The first-order valence-corrected chi connectivity index (χ1v) is 5.58. The molecule has 0 amide bonds. The van der Waals surface area contributed by atoms with E-state index in [1.807, 2.05) is 0 Å². The van der Waals surface area contributed by atoms with E-state index in [0.717, 1.165) is 5.56 Å². The molecule has 6 heteroatoms. The lowest BCUT2D eigenvalue weighted by atomic mass is 10.1. The molecule has 0 spiro atoms. The molecular formula is C12H15N3O2S. The number of thiocarbonyl (C=S) groups is 1. The molecule has 0 aromatic heterocycles. The van der Waals surface area contributed by atoms with Crippen molar-refractivity contribution in [2.45, 2.75) is 6.42 Å². The lowest BCUT2D eigenvalue weighted by molar-refractivity contribution is 0.372. The van der Waals surface area contributed by atoms with Gasteiger partial charge in [-0.15, -0.1) is 6.58 Å². The molecule has 0 atom stereocenters. The number of phenols is 1. The number of rotatable bonds is 5. The van der Waals surface area contributed by atoms with Crippen molar-refractivity contribution in [3.05, 3.63) is 35.9 Å². The number of phenolic OH excluding ortho intramolecular Hbond substituents is 1. The molecule has 1 aromatic rings. The van der Waals surface area contributed by atoms with Gasteiger partial charge in [0.15, 0.2) is 16.6 Å². The number of nitrogens with one attached hydrogen (secondary N) is 1. The van der Waals surface area contributed by atoms with Crippen molar-refractivity contribution in [3.8, 4) is 11.5 Å². The SMILES string of the molecule is C=CCc1cc(C=NNC(N)=S)c(O)c(OC)c1. The molecule has 0 aliphatic carbocycles. The van der Waals surface area contributed by atoms with Gasteiger partial charge in [-0.1, -0.05) is 6.08 Å². The van der Waals surface area contributed by atoms with Crippen LogP contribution in [0, 0.1) is 0 Å². The molecule has 0 aliphatic rings. The van der Waals surface area contributed by atoms with Gasteiger partial charge in [0.2, 0.25) is 0 Å². The fourth-order valence-electron chi connectivity index (χ4n) is 1.39. The van der Waals surface area contributed by atoms with Crippen LogP contribution in [0.25, 0.3) is 0 Å². The number of nitrogens with two attached hydrogens (primary N) is 1. The summed E-state index contributed by atoms with van der Waals surface area (Å²) in [5.74, 6) is 0.393. The Kier molecular flexibility index (Phi) is 5.13. The molecule has 5 nitrogen and oxygen atoms in total. The lowest BCUT2D eigenvalue weighted by Crippen LogP contribution is -2.24. The minimum Gasteiger partial charge on any atom is -0.504 e. The van der Waals surface area contributed by atoms with E-state index in [2.05, 4.69) is 29.3 Å². The largest absolute Gasteiger partial charge is 0.504 e. The molecule has 0 saturated carbocycles. The van der Waals surface area contributed by atoms with Crippen LogP contribution in [0.4, 0.5) is 0 Å². The first-order valence-electron chi connectivity index (χ1n) is 5.17. The number of hydrogen-bond acceptors (Lipinski definition) is 4. The van der Waals surface area contributed by atoms with Crippen LogP contribution in [-0.4, -0.2) is 23.5 Å². The normalized spacial score (nSPS) is 10.3. The number of nitrogens with zero attached hydrogens (tertiary/aromatic N) is 1. The Labute approximate surface area is 111 Å². The molecule has 96 valence electrons. The quantitative estimate of drug-likeness (QED) is 0.323. The number of benzene rings is 1. The maximum Gasteiger partial charge on any atom is 0.184 e. The van der Waals surface area contributed by atoms with Crippen molar-refractivity contribution in [1.82, 2.24) is 5.43 Å². The summed E-state index contributed by atoms with van der Waals surface area (Å²) >= 11 is 4.61. The molecule has 18 heavy (non-hydrogen) atoms. The van der Waals surface area contributed by atoms with E-state index in [9.17, 15) is 5.11 Å². The summed E-state index contributed by atoms with van der Waals surface area (Å²) < 4.78 is 5.08. The van der Waals surface area contributed by atoms with Gasteiger partial charge in [-0.05, 0) is 36.3 Å². The fourth-order valence-corrected chi connectivity index (χ4v) is 1.45. The van der Waals surface area contributed by atoms with E-state index in [1.54, 1.807) is 18.2 Å². The Hall–Kier alpha value is -2.08. The molecule has 0 fully saturated rings. The highest BCUT2D eigenvalue weighted by molar-refractivity contribution is 7.80. The second kappa shape index (κ2) is 6.61. The van der Waals surface area contributed by atoms with Crippen LogP contribution in [0.1, 0.15) is 11.1 Å². The highest BCUT2D eigenvalue weighted by Gasteiger charge is 2.08. The van der Waals surface area contributed by atoms with Gasteiger partial charge in [0.05, 0.1) is 13.3 Å². The third-order valence-electron chi connectivity index (χ3n) is 2.14. The summed E-state index contributed by atoms with van der Waals surface area (Å²) in [6.07, 6.45) is 3.85. The molecule has 0 aliphatic heterocycles. The predicted molar refractivity (Wildman–Crippen MR) is 76.1 cm³/mol. The van der Waals surface area contributed by atoms with Gasteiger partial charge in [0.1, 0.15) is 0 Å². The van der Waals surface area contributed by atoms with Crippen LogP contribution in [0.2, 0.25) is 0 Å². The maximum atomic E-state index is 9.91. The Balaban J connectivity index is 3.07. The van der Waals surface area contributed by atoms with Gasteiger partial charge >= 0.3 is 0 Å². The number of aromatic hydroxyl groups is 1. The molecule has 4 N–H and O–H groups in total. The molecule has 0 unspecified atom stereocenters. The van der Waals surface area contributed by atoms with Crippen molar-refractivity contribution in [3.63, 3.8) is 0 Å². The number of ether oxygens (including phenoxy) is 1. The van der Waals surface area contributed by atoms with E-state index in [4.69, 9.17) is 10.5 Å². The number of hydrazone groups is 1. The highest BCUT2D eigenvalue weighted by atomic mass is 32.1. The Bertz CT molecular complexity index is 486. The van der Waals surface area contributed by atoms with Crippen LogP contribution < -0.4 is 15.9 Å². The monoisotopic (exact) mass is 265 g/mol. The predicted octanol–water partition coefficient (Wildman–Crippen LogP) is 1.30. The molecule has 1 rings (SSSR count). The molecule has 0 saturated heterocycles. The van der Waals surface area contributed by atoms with Crippen molar-refractivity contribution < 1.29 is 9.84 Å². The average Bonchev–Trinajstić information content (AvgIpc) is 2.32. The molecule has 1 aromatic carbocycles. The number of hydrogen-bond donors (Lipinski definition) is 3. The first-order chi connectivity index (χ1) is 8.58. The number of methoxy groups -OCH3 is 1. The zero-order valence-electron chi connectivity index (χ0n) is 10.0. The summed E-state index contributed by atoms with van der Waals surface area (Å²) in [5, 5.41) is 13.8. The van der Waals surface area contributed by atoms with Crippen LogP contribution in [0.3, 0.4) is 0 Å². The van der Waals surface area contributed by atoms with Crippen molar-refractivity contribution in [1.29, 1.82) is 0 Å². The second-order valence-corrected chi connectivity index (χ2v) is 3.90. The summed E-state index contributed by atoms with van der Waals surface area (Å²) in [5.41, 5.74) is 9.12. The molecule has 0 radical (unpaired) electrons. The van der Waals surface area contributed by atoms with Crippen molar-refractivity contribution in [2.75, 3.05) is 7.11 Å². The second-order valence-electron chi connectivity index (χ2n) is 3.46. The molecule has 0 bridgehead atoms. The maximum absolute atomic E-state index is 9.91. The van der Waals surface area contributed by atoms with E-state index in [0.29, 0.717) is 17.7 Å². The summed E-state index contributed by atoms with van der Waals surface area (Å²) in [7, 11) is 1.49. The molecular weight excluding hydrogens is 250 g/mol. The molecule has 0 heterocycles. The summed E-state index contributed by atoms with van der Waals surface area (Å²) in [6, 6.07) is 3.53. The van der Waals surface area contributed by atoms with Gasteiger partial charge in [-0.25, -0.2) is 0 Å². The zero-order chi connectivity index (χ0) is 13.5. The van der Waals surface area contributed by atoms with Crippen LogP contribution in [0.5, 0.6) is 11.5 Å². The van der Waals surface area contributed by atoms with Gasteiger partial charge in [-0.2, -0.15) is 5.10 Å². The fraction of sp³-hybridized carbons (Fsp3) is 0.167. The van der Waals surface area contributed by atoms with E-state index in [1.165, 1.54) is 13.3 Å². The van der Waals surface area contributed by atoms with E-state index >= 15 is 0 Å². The minimum absolute atomic E-state index is 0.0128. The Morgan fingerprint density at radius 3 is 2.94 bits per heavy atom. The minimum atomic E-state index is 0.0128. The van der Waals surface area contributed by atoms with Gasteiger partial charge in [-0.3, -0.25) is 5.43 Å². The van der Waals surface area contributed by atoms with E-state index < -0.39 is 0 Å². The highest BCUT2D eigenvalue weighted by Crippen LogP contribution is 2.30. The summed E-state index contributed by atoms with van der Waals surface area (Å²) in [6.45, 7) is 3.67. The van der Waals surface area contributed by atoms with Gasteiger partial charge in [0.25, 0.3) is 0 Å². The Morgan fingerprint density at radius 1 is 1.67 bits per heavy atom. The average molecular weight is 265 g/mol. The third kappa shape index (κ3) is 3.74.